The van der Waals surface area contributed by atoms with E-state index >= 15 is 0 Å². The average Bonchev–Trinajstić information content (AvgIpc) is 3.11. The highest BCUT2D eigenvalue weighted by molar-refractivity contribution is 6.27. The maximum Gasteiger partial charge on any atom is 0.410 e. The van der Waals surface area contributed by atoms with E-state index in [-0.39, 0.29) is 23.9 Å². The van der Waals surface area contributed by atoms with Gasteiger partial charge >= 0.3 is 6.09 Å². The first-order valence-corrected chi connectivity index (χ1v) is 8.20. The normalized spacial score (nSPS) is 22.3. The van der Waals surface area contributed by atoms with E-state index in [4.69, 9.17) is 16.3 Å². The van der Waals surface area contributed by atoms with Gasteiger partial charge in [-0.3, -0.25) is 4.79 Å². The number of rotatable bonds is 4. The zero-order valence-electron chi connectivity index (χ0n) is 13.1. The van der Waals surface area contributed by atoms with Gasteiger partial charge < -0.3 is 14.5 Å². The predicted octanol–water partition coefficient (Wildman–Crippen LogP) is 2.62. The fourth-order valence-corrected chi connectivity index (χ4v) is 2.88. The van der Waals surface area contributed by atoms with Crippen LogP contribution in [-0.4, -0.2) is 58.5 Å². The standard InChI is InChI=1S/C15H25ClN2O3/c1-15(2,3)21-14(20)17-8-4-5-12(17)10-18(11-6-7-11)13(19)9-16/h11-12H,4-10H2,1-3H3. The second kappa shape index (κ2) is 6.42. The van der Waals surface area contributed by atoms with Crippen LogP contribution >= 0.6 is 11.6 Å². The third-order valence-corrected chi connectivity index (χ3v) is 4.06. The zero-order chi connectivity index (χ0) is 15.6. The lowest BCUT2D eigenvalue weighted by atomic mass is 10.2. The van der Waals surface area contributed by atoms with Crippen molar-refractivity contribution in [3.63, 3.8) is 0 Å². The lowest BCUT2D eigenvalue weighted by molar-refractivity contribution is -0.129. The highest BCUT2D eigenvalue weighted by Gasteiger charge is 2.38. The van der Waals surface area contributed by atoms with Crippen molar-refractivity contribution in [1.29, 1.82) is 0 Å². The summed E-state index contributed by atoms with van der Waals surface area (Å²) in [6.45, 7) is 6.87. The number of alkyl halides is 1. The van der Waals surface area contributed by atoms with E-state index < -0.39 is 5.60 Å². The Bertz CT molecular complexity index is 404. The van der Waals surface area contributed by atoms with Crippen LogP contribution in [0.4, 0.5) is 4.79 Å². The minimum Gasteiger partial charge on any atom is -0.444 e. The summed E-state index contributed by atoms with van der Waals surface area (Å²) < 4.78 is 5.45. The minimum absolute atomic E-state index is 0.00958. The van der Waals surface area contributed by atoms with Crippen LogP contribution in [0.2, 0.25) is 0 Å². The van der Waals surface area contributed by atoms with Gasteiger partial charge in [-0.1, -0.05) is 0 Å². The molecule has 1 aliphatic carbocycles. The molecule has 0 spiro atoms. The lowest BCUT2D eigenvalue weighted by Gasteiger charge is -2.32. The van der Waals surface area contributed by atoms with Crippen molar-refractivity contribution in [3.8, 4) is 0 Å². The van der Waals surface area contributed by atoms with Gasteiger partial charge in [0.25, 0.3) is 0 Å². The van der Waals surface area contributed by atoms with Crippen LogP contribution in [0.5, 0.6) is 0 Å². The summed E-state index contributed by atoms with van der Waals surface area (Å²) in [6.07, 6.45) is 3.68. The highest BCUT2D eigenvalue weighted by atomic mass is 35.5. The van der Waals surface area contributed by atoms with Crippen molar-refractivity contribution in [3.05, 3.63) is 0 Å². The van der Waals surface area contributed by atoms with Gasteiger partial charge in [-0.2, -0.15) is 0 Å². The number of carbonyl (C=O) groups excluding carboxylic acids is 2. The highest BCUT2D eigenvalue weighted by Crippen LogP contribution is 2.30. The Labute approximate surface area is 131 Å². The molecule has 0 bridgehead atoms. The van der Waals surface area contributed by atoms with E-state index in [9.17, 15) is 9.59 Å². The van der Waals surface area contributed by atoms with Crippen molar-refractivity contribution in [2.75, 3.05) is 19.0 Å². The van der Waals surface area contributed by atoms with E-state index in [1.54, 1.807) is 4.90 Å². The summed E-state index contributed by atoms with van der Waals surface area (Å²) in [5.74, 6) is -0.0226. The summed E-state index contributed by atoms with van der Waals surface area (Å²) in [5.41, 5.74) is -0.494. The first kappa shape index (κ1) is 16.4. The van der Waals surface area contributed by atoms with Crippen LogP contribution in [0.1, 0.15) is 46.5 Å². The van der Waals surface area contributed by atoms with E-state index in [2.05, 4.69) is 0 Å². The summed E-state index contributed by atoms with van der Waals surface area (Å²) in [7, 11) is 0. The van der Waals surface area contributed by atoms with Gasteiger partial charge in [0.15, 0.2) is 0 Å². The molecule has 2 amide bonds. The second-order valence-corrected chi connectivity index (χ2v) is 7.15. The third-order valence-electron chi connectivity index (χ3n) is 3.83. The van der Waals surface area contributed by atoms with Crippen LogP contribution in [0.3, 0.4) is 0 Å². The topological polar surface area (TPSA) is 49.9 Å². The molecule has 0 aromatic carbocycles. The van der Waals surface area contributed by atoms with Crippen molar-refractivity contribution in [2.24, 2.45) is 0 Å². The molecule has 120 valence electrons. The molecule has 6 heteroatoms. The Balaban J connectivity index is 1.97. The maximum atomic E-state index is 12.3. The molecule has 1 atom stereocenters. The Hall–Kier alpha value is -0.970. The first-order chi connectivity index (χ1) is 9.81. The smallest absolute Gasteiger partial charge is 0.410 e. The number of likely N-dealkylation sites (tertiary alicyclic amines) is 1. The molecule has 2 rings (SSSR count). The maximum absolute atomic E-state index is 12.3. The Morgan fingerprint density at radius 1 is 1.29 bits per heavy atom. The second-order valence-electron chi connectivity index (χ2n) is 6.88. The van der Waals surface area contributed by atoms with Crippen LogP contribution in [0.25, 0.3) is 0 Å². The van der Waals surface area contributed by atoms with Gasteiger partial charge in [0.05, 0.1) is 6.04 Å². The van der Waals surface area contributed by atoms with Gasteiger partial charge in [0.1, 0.15) is 11.5 Å². The molecule has 1 aliphatic heterocycles. The zero-order valence-corrected chi connectivity index (χ0v) is 13.9. The van der Waals surface area contributed by atoms with E-state index in [0.717, 1.165) is 25.7 Å². The van der Waals surface area contributed by atoms with Crippen molar-refractivity contribution in [2.45, 2.75) is 64.1 Å². The third kappa shape index (κ3) is 4.50. The van der Waals surface area contributed by atoms with E-state index in [0.29, 0.717) is 19.1 Å². The summed E-state index contributed by atoms with van der Waals surface area (Å²) in [5, 5.41) is 0. The molecule has 0 N–H and O–H groups in total. The number of nitrogens with zero attached hydrogens (tertiary/aromatic N) is 2. The number of hydrogen-bond donors (Lipinski definition) is 0. The van der Waals surface area contributed by atoms with Gasteiger partial charge in [0.2, 0.25) is 5.91 Å². The molecule has 2 aliphatic rings. The van der Waals surface area contributed by atoms with Crippen LogP contribution < -0.4 is 0 Å². The molecule has 0 aromatic heterocycles. The van der Waals surface area contributed by atoms with Crippen molar-refractivity contribution < 1.29 is 14.3 Å². The fourth-order valence-electron chi connectivity index (χ4n) is 2.73. The Morgan fingerprint density at radius 3 is 2.48 bits per heavy atom. The van der Waals surface area contributed by atoms with Crippen molar-refractivity contribution in [1.82, 2.24) is 9.80 Å². The van der Waals surface area contributed by atoms with Gasteiger partial charge in [0, 0.05) is 19.1 Å². The number of amides is 2. The first-order valence-electron chi connectivity index (χ1n) is 7.67. The molecular formula is C15H25ClN2O3. The molecule has 0 radical (unpaired) electrons. The molecule has 2 fully saturated rings. The molecule has 1 heterocycles. The number of ether oxygens (including phenoxy) is 1. The molecular weight excluding hydrogens is 292 g/mol. The summed E-state index contributed by atoms with van der Waals surface area (Å²) >= 11 is 5.69. The molecule has 1 saturated heterocycles. The monoisotopic (exact) mass is 316 g/mol. The van der Waals surface area contributed by atoms with Crippen LogP contribution in [-0.2, 0) is 9.53 Å². The lowest BCUT2D eigenvalue weighted by Crippen LogP contribution is -2.47. The molecule has 1 saturated carbocycles. The average molecular weight is 317 g/mol. The van der Waals surface area contributed by atoms with Crippen molar-refractivity contribution >= 4 is 23.6 Å². The van der Waals surface area contributed by atoms with Gasteiger partial charge in [-0.15, -0.1) is 11.6 Å². The summed E-state index contributed by atoms with van der Waals surface area (Å²) in [4.78, 5) is 27.8. The molecule has 0 aromatic rings. The minimum atomic E-state index is -0.494. The molecule has 1 unspecified atom stereocenters. The predicted molar refractivity (Wildman–Crippen MR) is 81.4 cm³/mol. The Kier molecular flexibility index (Phi) is 5.02. The van der Waals surface area contributed by atoms with Gasteiger partial charge in [-0.05, 0) is 46.5 Å². The number of hydrogen-bond acceptors (Lipinski definition) is 3. The van der Waals surface area contributed by atoms with Gasteiger partial charge in [-0.25, -0.2) is 4.79 Å². The number of halogens is 1. The van der Waals surface area contributed by atoms with E-state index in [1.165, 1.54) is 0 Å². The largest absolute Gasteiger partial charge is 0.444 e. The fraction of sp³-hybridized carbons (Fsp3) is 0.867. The molecule has 5 nitrogen and oxygen atoms in total. The Morgan fingerprint density at radius 2 is 1.95 bits per heavy atom. The van der Waals surface area contributed by atoms with E-state index in [1.807, 2.05) is 25.7 Å². The SMILES string of the molecule is CC(C)(C)OC(=O)N1CCCC1CN(C(=O)CCl)C1CC1. The van der Waals surface area contributed by atoms with Crippen LogP contribution in [0.15, 0.2) is 0 Å². The molecule has 21 heavy (non-hydrogen) atoms. The quantitative estimate of drug-likeness (QED) is 0.749. The number of carbonyl (C=O) groups is 2. The van der Waals surface area contributed by atoms with Crippen LogP contribution in [0, 0.1) is 0 Å². The summed E-state index contributed by atoms with van der Waals surface area (Å²) in [6, 6.07) is 0.366.